The summed E-state index contributed by atoms with van der Waals surface area (Å²) in [5, 5.41) is 3.71. The molecule has 0 radical (unpaired) electrons. The molecule has 16 heavy (non-hydrogen) atoms. The number of hydrogen-bond acceptors (Lipinski definition) is 2. The summed E-state index contributed by atoms with van der Waals surface area (Å²) in [5.41, 5.74) is 1.33. The summed E-state index contributed by atoms with van der Waals surface area (Å²) < 4.78 is 5.31. The van der Waals surface area contributed by atoms with E-state index in [0.717, 1.165) is 6.61 Å². The topological polar surface area (TPSA) is 21.3 Å². The highest BCUT2D eigenvalue weighted by molar-refractivity contribution is 5.19. The van der Waals surface area contributed by atoms with Crippen LogP contribution in [0.2, 0.25) is 0 Å². The van der Waals surface area contributed by atoms with E-state index in [-0.39, 0.29) is 0 Å². The Morgan fingerprint density at radius 2 is 1.94 bits per heavy atom. The van der Waals surface area contributed by atoms with Crippen LogP contribution in [-0.2, 0) is 4.74 Å². The molecule has 0 heterocycles. The molecule has 0 amide bonds. The van der Waals surface area contributed by atoms with Crippen LogP contribution < -0.4 is 5.32 Å². The standard InChI is InChI=1S/C14H21NO/c1-16-11-14(12-7-3-2-4-8-12)15-13-9-5-6-10-13/h2-4,7-8,13-15H,5-6,9-11H2,1H3. The number of nitrogens with one attached hydrogen (secondary N) is 1. The Kier molecular flexibility index (Phi) is 4.37. The van der Waals surface area contributed by atoms with Crippen LogP contribution in [0.1, 0.15) is 37.3 Å². The molecule has 2 rings (SSSR count). The van der Waals surface area contributed by atoms with Crippen LogP contribution in [-0.4, -0.2) is 19.8 Å². The zero-order valence-corrected chi connectivity index (χ0v) is 9.99. The van der Waals surface area contributed by atoms with Crippen LogP contribution in [0, 0.1) is 0 Å². The molecule has 1 aromatic rings. The van der Waals surface area contributed by atoms with E-state index in [4.69, 9.17) is 4.74 Å². The first kappa shape index (κ1) is 11.6. The molecule has 1 fully saturated rings. The van der Waals surface area contributed by atoms with E-state index < -0.39 is 0 Å². The molecule has 1 atom stereocenters. The van der Waals surface area contributed by atoms with E-state index in [1.807, 2.05) is 0 Å². The van der Waals surface area contributed by atoms with Gasteiger partial charge in [-0.25, -0.2) is 0 Å². The van der Waals surface area contributed by atoms with Gasteiger partial charge in [-0.1, -0.05) is 43.2 Å². The third-order valence-electron chi connectivity index (χ3n) is 3.33. The highest BCUT2D eigenvalue weighted by Gasteiger charge is 2.19. The maximum atomic E-state index is 5.31. The average molecular weight is 219 g/mol. The van der Waals surface area contributed by atoms with Crippen LogP contribution in [0.15, 0.2) is 30.3 Å². The van der Waals surface area contributed by atoms with Gasteiger partial charge in [0, 0.05) is 13.2 Å². The second-order valence-electron chi connectivity index (χ2n) is 4.57. The Morgan fingerprint density at radius 1 is 1.25 bits per heavy atom. The van der Waals surface area contributed by atoms with Gasteiger partial charge in [0.1, 0.15) is 0 Å². The summed E-state index contributed by atoms with van der Waals surface area (Å²) in [4.78, 5) is 0. The van der Waals surface area contributed by atoms with Crippen molar-refractivity contribution in [2.24, 2.45) is 0 Å². The quantitative estimate of drug-likeness (QED) is 0.822. The molecule has 2 nitrogen and oxygen atoms in total. The Bertz CT molecular complexity index is 293. The molecule has 0 saturated heterocycles. The van der Waals surface area contributed by atoms with Gasteiger partial charge in [-0.2, -0.15) is 0 Å². The third kappa shape index (κ3) is 3.06. The molecule has 1 aromatic carbocycles. The Morgan fingerprint density at radius 3 is 2.56 bits per heavy atom. The van der Waals surface area contributed by atoms with Crippen LogP contribution >= 0.6 is 0 Å². The van der Waals surface area contributed by atoms with Gasteiger partial charge in [-0.05, 0) is 18.4 Å². The number of hydrogen-bond donors (Lipinski definition) is 1. The molecule has 1 N–H and O–H groups in total. The highest BCUT2D eigenvalue weighted by Crippen LogP contribution is 2.22. The van der Waals surface area contributed by atoms with Gasteiger partial charge in [0.2, 0.25) is 0 Å². The van der Waals surface area contributed by atoms with Crippen LogP contribution in [0.5, 0.6) is 0 Å². The fourth-order valence-electron chi connectivity index (χ4n) is 2.47. The van der Waals surface area contributed by atoms with Crippen molar-refractivity contribution >= 4 is 0 Å². The Labute approximate surface area is 98.0 Å². The predicted octanol–water partition coefficient (Wildman–Crippen LogP) is 2.91. The van der Waals surface area contributed by atoms with Gasteiger partial charge in [0.25, 0.3) is 0 Å². The lowest BCUT2D eigenvalue weighted by Gasteiger charge is -2.22. The van der Waals surface area contributed by atoms with Crippen molar-refractivity contribution in [1.82, 2.24) is 5.32 Å². The fourth-order valence-corrected chi connectivity index (χ4v) is 2.47. The lowest BCUT2D eigenvalue weighted by Crippen LogP contribution is -2.33. The van der Waals surface area contributed by atoms with Crippen molar-refractivity contribution < 1.29 is 4.74 Å². The maximum Gasteiger partial charge on any atom is 0.0657 e. The minimum atomic E-state index is 0.342. The zero-order valence-electron chi connectivity index (χ0n) is 9.99. The monoisotopic (exact) mass is 219 g/mol. The summed E-state index contributed by atoms with van der Waals surface area (Å²) in [6.45, 7) is 0.751. The molecule has 0 aromatic heterocycles. The van der Waals surface area contributed by atoms with Gasteiger partial charge < -0.3 is 10.1 Å². The van der Waals surface area contributed by atoms with E-state index in [0.29, 0.717) is 12.1 Å². The van der Waals surface area contributed by atoms with Crippen molar-refractivity contribution in [2.75, 3.05) is 13.7 Å². The largest absolute Gasteiger partial charge is 0.383 e. The van der Waals surface area contributed by atoms with Gasteiger partial charge >= 0.3 is 0 Å². The molecule has 88 valence electrons. The lowest BCUT2D eigenvalue weighted by atomic mass is 10.1. The number of rotatable bonds is 5. The molecular weight excluding hydrogens is 198 g/mol. The number of ether oxygens (including phenoxy) is 1. The third-order valence-corrected chi connectivity index (χ3v) is 3.33. The maximum absolute atomic E-state index is 5.31. The number of methoxy groups -OCH3 is 1. The average Bonchev–Trinajstić information content (AvgIpc) is 2.83. The summed E-state index contributed by atoms with van der Waals surface area (Å²) in [6.07, 6.45) is 5.36. The molecule has 2 heteroatoms. The van der Waals surface area contributed by atoms with Crippen molar-refractivity contribution in [1.29, 1.82) is 0 Å². The normalized spacial score (nSPS) is 18.8. The zero-order chi connectivity index (χ0) is 11.2. The van der Waals surface area contributed by atoms with E-state index in [9.17, 15) is 0 Å². The SMILES string of the molecule is COCC(NC1CCCC1)c1ccccc1. The smallest absolute Gasteiger partial charge is 0.0657 e. The van der Waals surface area contributed by atoms with E-state index in [2.05, 4.69) is 35.6 Å². The number of benzene rings is 1. The first-order valence-corrected chi connectivity index (χ1v) is 6.20. The Balaban J connectivity index is 1.99. The lowest BCUT2D eigenvalue weighted by molar-refractivity contribution is 0.161. The summed E-state index contributed by atoms with van der Waals surface area (Å²) in [6, 6.07) is 11.6. The van der Waals surface area contributed by atoms with Crippen molar-refractivity contribution in [3.63, 3.8) is 0 Å². The molecule has 1 saturated carbocycles. The summed E-state index contributed by atoms with van der Waals surface area (Å²) >= 11 is 0. The molecule has 0 aliphatic heterocycles. The Hall–Kier alpha value is -0.860. The van der Waals surface area contributed by atoms with E-state index in [1.165, 1.54) is 31.2 Å². The first-order chi connectivity index (χ1) is 7.90. The summed E-state index contributed by atoms with van der Waals surface area (Å²) in [5.74, 6) is 0. The van der Waals surface area contributed by atoms with Crippen LogP contribution in [0.4, 0.5) is 0 Å². The van der Waals surface area contributed by atoms with Gasteiger partial charge in [-0.15, -0.1) is 0 Å². The van der Waals surface area contributed by atoms with Crippen LogP contribution in [0.3, 0.4) is 0 Å². The molecule has 0 spiro atoms. The van der Waals surface area contributed by atoms with E-state index >= 15 is 0 Å². The van der Waals surface area contributed by atoms with Crippen LogP contribution in [0.25, 0.3) is 0 Å². The molecular formula is C14H21NO. The van der Waals surface area contributed by atoms with Crippen molar-refractivity contribution in [2.45, 2.75) is 37.8 Å². The second-order valence-corrected chi connectivity index (χ2v) is 4.57. The van der Waals surface area contributed by atoms with E-state index in [1.54, 1.807) is 7.11 Å². The first-order valence-electron chi connectivity index (χ1n) is 6.20. The van der Waals surface area contributed by atoms with Gasteiger partial charge in [0.15, 0.2) is 0 Å². The minimum Gasteiger partial charge on any atom is -0.383 e. The van der Waals surface area contributed by atoms with Crippen molar-refractivity contribution in [3.05, 3.63) is 35.9 Å². The molecule has 1 unspecified atom stereocenters. The minimum absolute atomic E-state index is 0.342. The van der Waals surface area contributed by atoms with Crippen molar-refractivity contribution in [3.8, 4) is 0 Å². The highest BCUT2D eigenvalue weighted by atomic mass is 16.5. The predicted molar refractivity (Wildman–Crippen MR) is 66.5 cm³/mol. The molecule has 1 aliphatic rings. The summed E-state index contributed by atoms with van der Waals surface area (Å²) in [7, 11) is 1.77. The molecule has 1 aliphatic carbocycles. The fraction of sp³-hybridized carbons (Fsp3) is 0.571. The van der Waals surface area contributed by atoms with Gasteiger partial charge in [0.05, 0.1) is 12.6 Å². The second kappa shape index (κ2) is 6.02. The molecule has 0 bridgehead atoms. The van der Waals surface area contributed by atoms with Gasteiger partial charge in [-0.3, -0.25) is 0 Å².